The summed E-state index contributed by atoms with van der Waals surface area (Å²) in [5.41, 5.74) is 0. The molecule has 0 fully saturated rings. The van der Waals surface area contributed by atoms with Crippen molar-refractivity contribution in [3.63, 3.8) is 0 Å². The highest BCUT2D eigenvalue weighted by Gasteiger charge is 2.30. The first kappa shape index (κ1) is 85.1. The van der Waals surface area contributed by atoms with Gasteiger partial charge in [0.05, 0.1) is 26.4 Å². The van der Waals surface area contributed by atoms with Crippen molar-refractivity contribution in [2.24, 2.45) is 5.92 Å². The minimum absolute atomic E-state index is 0.107. The lowest BCUT2D eigenvalue weighted by atomic mass is 10.00. The summed E-state index contributed by atoms with van der Waals surface area (Å²) >= 11 is 0. The first-order valence-corrected chi connectivity index (χ1v) is 38.7. The Kier molecular flexibility index (Phi) is 60.2. The molecule has 3 unspecified atom stereocenters. The van der Waals surface area contributed by atoms with Gasteiger partial charge in [-0.05, 0) is 31.6 Å². The Bertz CT molecular complexity index is 1690. The van der Waals surface area contributed by atoms with E-state index >= 15 is 0 Å². The van der Waals surface area contributed by atoms with Gasteiger partial charge in [0, 0.05) is 25.7 Å². The molecule has 19 heteroatoms. The molecule has 3 N–H and O–H groups in total. The number of unbranched alkanes of at least 4 members (excludes halogenated alkanes) is 39. The van der Waals surface area contributed by atoms with Crippen LogP contribution in [0.5, 0.6) is 0 Å². The molecule has 0 saturated carbocycles. The van der Waals surface area contributed by atoms with Crippen molar-refractivity contribution in [2.75, 3.05) is 39.6 Å². The highest BCUT2D eigenvalue weighted by atomic mass is 31.2. The smallest absolute Gasteiger partial charge is 0.462 e. The lowest BCUT2D eigenvalue weighted by Crippen LogP contribution is -2.30. The van der Waals surface area contributed by atoms with Crippen molar-refractivity contribution in [1.82, 2.24) is 0 Å². The van der Waals surface area contributed by atoms with E-state index in [-0.39, 0.29) is 25.7 Å². The zero-order valence-corrected chi connectivity index (χ0v) is 57.9. The Morgan fingerprint density at radius 1 is 0.322 bits per heavy atom. The Labute approximate surface area is 530 Å². The highest BCUT2D eigenvalue weighted by molar-refractivity contribution is 7.47. The van der Waals surface area contributed by atoms with Gasteiger partial charge in [-0.1, -0.05) is 298 Å². The number of aliphatic hydroxyl groups excluding tert-OH is 1. The number of aliphatic hydroxyl groups is 1. The number of phosphoric acid groups is 2. The second-order valence-electron chi connectivity index (χ2n) is 24.8. The maximum Gasteiger partial charge on any atom is 0.472 e. The van der Waals surface area contributed by atoms with Crippen LogP contribution in [0.3, 0.4) is 0 Å². The molecule has 0 bridgehead atoms. The average molecular weight is 1280 g/mol. The van der Waals surface area contributed by atoms with E-state index in [0.29, 0.717) is 25.7 Å². The number of hydrogen-bond acceptors (Lipinski definition) is 15. The van der Waals surface area contributed by atoms with Crippen LogP contribution in [-0.2, 0) is 65.4 Å². The third-order valence-electron chi connectivity index (χ3n) is 16.1. The fourth-order valence-corrected chi connectivity index (χ4v) is 11.8. The second-order valence-corrected chi connectivity index (χ2v) is 27.7. The van der Waals surface area contributed by atoms with Gasteiger partial charge in [0.1, 0.15) is 19.3 Å². The molecule has 0 amide bonds. The molecular formula is C68H132O17P2. The summed E-state index contributed by atoms with van der Waals surface area (Å²) in [5.74, 6) is -1.39. The zero-order valence-electron chi connectivity index (χ0n) is 56.2. The first-order chi connectivity index (χ1) is 42.1. The van der Waals surface area contributed by atoms with Crippen molar-refractivity contribution in [2.45, 2.75) is 368 Å². The summed E-state index contributed by atoms with van der Waals surface area (Å²) in [4.78, 5) is 72.4. The van der Waals surface area contributed by atoms with E-state index in [1.165, 1.54) is 167 Å². The molecule has 0 heterocycles. The first-order valence-electron chi connectivity index (χ1n) is 35.7. The van der Waals surface area contributed by atoms with Crippen LogP contribution in [0.15, 0.2) is 0 Å². The van der Waals surface area contributed by atoms with E-state index in [0.717, 1.165) is 102 Å². The number of esters is 4. The number of hydrogen-bond donors (Lipinski definition) is 3. The van der Waals surface area contributed by atoms with E-state index in [4.69, 9.17) is 37.0 Å². The molecule has 17 nitrogen and oxygen atoms in total. The van der Waals surface area contributed by atoms with Gasteiger partial charge >= 0.3 is 39.5 Å². The largest absolute Gasteiger partial charge is 0.472 e. The molecule has 0 spiro atoms. The number of ether oxygens (including phenoxy) is 4. The molecule has 87 heavy (non-hydrogen) atoms. The summed E-state index contributed by atoms with van der Waals surface area (Å²) in [6.45, 7) is 7.20. The standard InChI is InChI=1S/C68H132O17P2/c1-6-10-13-16-19-22-25-28-31-34-37-44-49-54-68(73)84-63(57-78-65(70)51-46-41-35-32-29-26-23-20-17-14-11-7-2)59-82-86(74,75)80-55-62(69)56-81-87(76,77)83-60-64(58-79-66(71)52-47-42-39-38-40-45-50-61(5)9-4)85-67(72)53-48-43-36-33-30-27-24-21-18-15-12-8-3/h61-64,69H,6-60H2,1-5H3,(H,74,75)(H,76,77)/t61?,62-,63-,64-/m1/s1. The Morgan fingerprint density at radius 3 is 0.816 bits per heavy atom. The third-order valence-corrected chi connectivity index (χ3v) is 18.0. The Balaban J connectivity index is 5.25. The number of phosphoric ester groups is 2. The number of rotatable bonds is 68. The molecule has 6 atom stereocenters. The number of carbonyl (C=O) groups excluding carboxylic acids is 4. The van der Waals surface area contributed by atoms with Gasteiger partial charge in [0.2, 0.25) is 0 Å². The Morgan fingerprint density at radius 2 is 0.552 bits per heavy atom. The van der Waals surface area contributed by atoms with E-state index in [1.54, 1.807) is 0 Å². The monoisotopic (exact) mass is 1280 g/mol. The van der Waals surface area contributed by atoms with Crippen LogP contribution in [0.25, 0.3) is 0 Å². The third kappa shape index (κ3) is 61.3. The SMILES string of the molecule is CCCCCCCCCCCCCCCC(=O)O[C@H](COC(=O)CCCCCCCCCCCCCC)COP(=O)(O)OC[C@@H](O)COP(=O)(O)OC[C@@H](COC(=O)CCCCCCCCC(C)CC)OC(=O)CCCCCCCCCCCCCC. The topological polar surface area (TPSA) is 237 Å². The molecule has 0 rings (SSSR count). The molecule has 0 aliphatic heterocycles. The fraction of sp³-hybridized carbons (Fsp3) is 0.941. The normalized spacial score (nSPS) is 14.4. The molecule has 0 aromatic rings. The summed E-state index contributed by atoms with van der Waals surface area (Å²) in [7, 11) is -9.89. The van der Waals surface area contributed by atoms with Crippen LogP contribution in [0.2, 0.25) is 0 Å². The van der Waals surface area contributed by atoms with Gasteiger partial charge in [0.15, 0.2) is 12.2 Å². The molecular weight excluding hydrogens is 1150 g/mol. The molecule has 0 saturated heterocycles. The predicted octanol–water partition coefficient (Wildman–Crippen LogP) is 19.4. The van der Waals surface area contributed by atoms with Crippen molar-refractivity contribution >= 4 is 39.5 Å². The molecule has 0 aromatic carbocycles. The summed E-state index contributed by atoms with van der Waals surface area (Å²) in [5, 5.41) is 10.6. The van der Waals surface area contributed by atoms with E-state index < -0.39 is 97.5 Å². The predicted molar refractivity (Wildman–Crippen MR) is 349 cm³/mol. The van der Waals surface area contributed by atoms with E-state index in [9.17, 15) is 43.2 Å². The second kappa shape index (κ2) is 61.6. The lowest BCUT2D eigenvalue weighted by Gasteiger charge is -2.21. The van der Waals surface area contributed by atoms with Crippen molar-refractivity contribution in [3.8, 4) is 0 Å². The van der Waals surface area contributed by atoms with Gasteiger partial charge in [-0.25, -0.2) is 9.13 Å². The maximum absolute atomic E-state index is 13.0. The van der Waals surface area contributed by atoms with Gasteiger partial charge in [0.25, 0.3) is 0 Å². The Hall–Kier alpha value is -1.94. The average Bonchev–Trinajstić information content (AvgIpc) is 3.69. The van der Waals surface area contributed by atoms with Crippen LogP contribution >= 0.6 is 15.6 Å². The summed E-state index contributed by atoms with van der Waals surface area (Å²) < 4.78 is 68.2. The molecule has 0 radical (unpaired) electrons. The minimum atomic E-state index is -4.95. The highest BCUT2D eigenvalue weighted by Crippen LogP contribution is 2.45. The van der Waals surface area contributed by atoms with Crippen molar-refractivity contribution < 1.29 is 80.2 Å². The van der Waals surface area contributed by atoms with Gasteiger partial charge in [-0.15, -0.1) is 0 Å². The lowest BCUT2D eigenvalue weighted by molar-refractivity contribution is -0.161. The number of carbonyl (C=O) groups is 4. The van der Waals surface area contributed by atoms with Gasteiger partial charge < -0.3 is 33.8 Å². The van der Waals surface area contributed by atoms with Crippen LogP contribution < -0.4 is 0 Å². The van der Waals surface area contributed by atoms with Gasteiger partial charge in [-0.2, -0.15) is 0 Å². The molecule has 0 aliphatic carbocycles. The van der Waals surface area contributed by atoms with Crippen LogP contribution in [0, 0.1) is 5.92 Å². The van der Waals surface area contributed by atoms with Crippen LogP contribution in [-0.4, -0.2) is 96.7 Å². The molecule has 0 aliphatic rings. The quantitative estimate of drug-likeness (QED) is 0.0222. The van der Waals surface area contributed by atoms with Gasteiger partial charge in [-0.3, -0.25) is 37.3 Å². The van der Waals surface area contributed by atoms with Crippen LogP contribution in [0.4, 0.5) is 0 Å². The van der Waals surface area contributed by atoms with Crippen LogP contribution in [0.1, 0.15) is 349 Å². The van der Waals surface area contributed by atoms with Crippen molar-refractivity contribution in [1.29, 1.82) is 0 Å². The van der Waals surface area contributed by atoms with Crippen molar-refractivity contribution in [3.05, 3.63) is 0 Å². The summed E-state index contributed by atoms with van der Waals surface area (Å²) in [6.07, 6.45) is 47.0. The fourth-order valence-electron chi connectivity index (χ4n) is 10.3. The van der Waals surface area contributed by atoms with E-state index in [2.05, 4.69) is 34.6 Å². The van der Waals surface area contributed by atoms with E-state index in [1.807, 2.05) is 0 Å². The molecule has 0 aromatic heterocycles. The minimum Gasteiger partial charge on any atom is -0.462 e. The molecule has 516 valence electrons. The zero-order chi connectivity index (χ0) is 64.2. The maximum atomic E-state index is 13.0. The summed E-state index contributed by atoms with van der Waals surface area (Å²) in [6, 6.07) is 0.